The van der Waals surface area contributed by atoms with E-state index in [1.807, 2.05) is 0 Å². The molecule has 72 valence electrons. The van der Waals surface area contributed by atoms with E-state index in [2.05, 4.69) is 5.32 Å². The van der Waals surface area contributed by atoms with Gasteiger partial charge in [0, 0.05) is 12.5 Å². The summed E-state index contributed by atoms with van der Waals surface area (Å²) < 4.78 is 4.90. The van der Waals surface area contributed by atoms with Crippen molar-refractivity contribution >= 4 is 11.9 Å². The summed E-state index contributed by atoms with van der Waals surface area (Å²) in [7, 11) is 0. The van der Waals surface area contributed by atoms with Crippen LogP contribution in [-0.4, -0.2) is 24.5 Å². The molecule has 1 aliphatic carbocycles. The molecule has 1 amide bonds. The first-order chi connectivity index (χ1) is 6.24. The molecule has 0 spiro atoms. The number of carbonyl (C=O) groups is 2. The van der Waals surface area contributed by atoms with Crippen molar-refractivity contribution in [3.05, 3.63) is 0 Å². The molecule has 4 nitrogen and oxygen atoms in total. The van der Waals surface area contributed by atoms with Gasteiger partial charge in [-0.25, -0.2) is 0 Å². The molecule has 2 aliphatic rings. The van der Waals surface area contributed by atoms with Gasteiger partial charge in [-0.05, 0) is 19.3 Å². The van der Waals surface area contributed by atoms with Gasteiger partial charge < -0.3 is 10.1 Å². The van der Waals surface area contributed by atoms with Crippen LogP contribution in [0.5, 0.6) is 0 Å². The van der Waals surface area contributed by atoms with Crippen molar-refractivity contribution < 1.29 is 14.3 Å². The highest BCUT2D eigenvalue weighted by Gasteiger charge is 2.58. The van der Waals surface area contributed by atoms with Crippen molar-refractivity contribution in [1.82, 2.24) is 5.32 Å². The number of hydrogen-bond acceptors (Lipinski definition) is 3. The molecule has 0 aromatic carbocycles. The van der Waals surface area contributed by atoms with E-state index in [-0.39, 0.29) is 23.8 Å². The van der Waals surface area contributed by atoms with Gasteiger partial charge in [-0.15, -0.1) is 0 Å². The maximum Gasteiger partial charge on any atom is 0.311 e. The smallest absolute Gasteiger partial charge is 0.311 e. The predicted octanol–water partition coefficient (Wildman–Crippen LogP) is 0.0741. The molecule has 3 atom stereocenters. The molecule has 0 aromatic rings. The summed E-state index contributed by atoms with van der Waals surface area (Å²) in [6.07, 6.45) is 1.39. The summed E-state index contributed by atoms with van der Waals surface area (Å²) in [4.78, 5) is 22.3. The van der Waals surface area contributed by atoms with Gasteiger partial charge in [-0.3, -0.25) is 9.59 Å². The average molecular weight is 183 g/mol. The molecule has 3 unspecified atom stereocenters. The molecule has 1 aliphatic heterocycles. The highest BCUT2D eigenvalue weighted by atomic mass is 16.5. The molecule has 13 heavy (non-hydrogen) atoms. The Kier molecular flexibility index (Phi) is 1.98. The third-order valence-electron chi connectivity index (χ3n) is 2.76. The zero-order chi connectivity index (χ0) is 9.42. The summed E-state index contributed by atoms with van der Waals surface area (Å²) in [5.74, 6) is 0.191. The molecule has 0 radical (unpaired) electrons. The Morgan fingerprint density at radius 1 is 1.69 bits per heavy atom. The number of piperidine rings is 1. The van der Waals surface area contributed by atoms with Gasteiger partial charge in [0.2, 0.25) is 5.91 Å². The van der Waals surface area contributed by atoms with E-state index < -0.39 is 0 Å². The van der Waals surface area contributed by atoms with E-state index in [9.17, 15) is 9.59 Å². The van der Waals surface area contributed by atoms with Gasteiger partial charge in [0.25, 0.3) is 0 Å². The van der Waals surface area contributed by atoms with Gasteiger partial charge >= 0.3 is 5.97 Å². The van der Waals surface area contributed by atoms with Crippen molar-refractivity contribution in [3.63, 3.8) is 0 Å². The van der Waals surface area contributed by atoms with E-state index in [0.29, 0.717) is 18.9 Å². The summed E-state index contributed by atoms with van der Waals surface area (Å²) in [6, 6.07) is 0.0697. The number of esters is 1. The normalized spacial score (nSPS) is 36.1. The Labute approximate surface area is 76.6 Å². The number of carbonyl (C=O) groups excluding carboxylic acids is 2. The number of fused-ring (bicyclic) bond motifs is 1. The second-order valence-corrected chi connectivity index (χ2v) is 3.57. The van der Waals surface area contributed by atoms with Crippen LogP contribution in [0.4, 0.5) is 0 Å². The minimum atomic E-state index is -0.153. The lowest BCUT2D eigenvalue weighted by Gasteiger charge is -2.08. The zero-order valence-corrected chi connectivity index (χ0v) is 7.58. The van der Waals surface area contributed by atoms with Crippen LogP contribution in [0.3, 0.4) is 0 Å². The first-order valence-electron chi connectivity index (χ1n) is 4.70. The molecular weight excluding hydrogens is 170 g/mol. The highest BCUT2D eigenvalue weighted by molar-refractivity contribution is 5.84. The Hall–Kier alpha value is -1.06. The van der Waals surface area contributed by atoms with Crippen molar-refractivity contribution in [1.29, 1.82) is 0 Å². The molecule has 2 rings (SSSR count). The van der Waals surface area contributed by atoms with E-state index in [4.69, 9.17) is 4.74 Å². The van der Waals surface area contributed by atoms with E-state index in [1.165, 1.54) is 0 Å². The van der Waals surface area contributed by atoms with Crippen molar-refractivity contribution in [2.24, 2.45) is 11.8 Å². The first kappa shape index (κ1) is 8.53. The molecule has 2 fully saturated rings. The number of amides is 1. The largest absolute Gasteiger partial charge is 0.466 e. The van der Waals surface area contributed by atoms with Crippen LogP contribution in [0.25, 0.3) is 0 Å². The van der Waals surface area contributed by atoms with Gasteiger partial charge in [0.05, 0.1) is 12.5 Å². The fraction of sp³-hybridized carbons (Fsp3) is 0.778. The maximum atomic E-state index is 11.3. The number of rotatable bonds is 2. The second kappa shape index (κ2) is 3.01. The maximum absolute atomic E-state index is 11.3. The van der Waals surface area contributed by atoms with Crippen LogP contribution in [0.15, 0.2) is 0 Å². The van der Waals surface area contributed by atoms with Crippen molar-refractivity contribution in [3.8, 4) is 0 Å². The third-order valence-corrected chi connectivity index (χ3v) is 2.76. The Morgan fingerprint density at radius 3 is 3.08 bits per heavy atom. The van der Waals surface area contributed by atoms with Crippen LogP contribution in [0.1, 0.15) is 19.8 Å². The lowest BCUT2D eigenvalue weighted by molar-refractivity contribution is -0.145. The van der Waals surface area contributed by atoms with Crippen LogP contribution >= 0.6 is 0 Å². The lowest BCUT2D eigenvalue weighted by atomic mass is 10.1. The summed E-state index contributed by atoms with van der Waals surface area (Å²) in [6.45, 7) is 2.21. The van der Waals surface area contributed by atoms with Crippen LogP contribution in [-0.2, 0) is 14.3 Å². The fourth-order valence-electron chi connectivity index (χ4n) is 2.05. The van der Waals surface area contributed by atoms with Crippen LogP contribution in [0.2, 0.25) is 0 Å². The first-order valence-corrected chi connectivity index (χ1v) is 4.70. The fourth-order valence-corrected chi connectivity index (χ4v) is 2.05. The molecule has 1 N–H and O–H groups in total. The number of ether oxygens (including phenoxy) is 1. The van der Waals surface area contributed by atoms with E-state index in [1.54, 1.807) is 6.92 Å². The molecule has 1 heterocycles. The quantitative estimate of drug-likeness (QED) is 0.616. The minimum Gasteiger partial charge on any atom is -0.466 e. The van der Waals surface area contributed by atoms with Crippen molar-refractivity contribution in [2.75, 3.05) is 6.61 Å². The lowest BCUT2D eigenvalue weighted by Crippen LogP contribution is -2.31. The summed E-state index contributed by atoms with van der Waals surface area (Å²) in [5, 5.41) is 2.80. The monoisotopic (exact) mass is 183 g/mol. The Bertz CT molecular complexity index is 251. The number of hydrogen-bond donors (Lipinski definition) is 1. The van der Waals surface area contributed by atoms with E-state index >= 15 is 0 Å². The van der Waals surface area contributed by atoms with Crippen molar-refractivity contribution in [2.45, 2.75) is 25.8 Å². The predicted molar refractivity (Wildman–Crippen MR) is 44.8 cm³/mol. The standard InChI is InChI=1S/C9H13NO3/c1-2-13-9(12)7-5-3-4-6(11)10-8(5)7/h5,7-8H,2-4H2,1H3,(H,10,11). The Morgan fingerprint density at radius 2 is 2.46 bits per heavy atom. The average Bonchev–Trinajstić information content (AvgIpc) is 2.77. The van der Waals surface area contributed by atoms with Crippen LogP contribution in [0, 0.1) is 11.8 Å². The summed E-state index contributed by atoms with van der Waals surface area (Å²) in [5.41, 5.74) is 0. The van der Waals surface area contributed by atoms with Gasteiger partial charge in [0.15, 0.2) is 0 Å². The topological polar surface area (TPSA) is 55.4 Å². The third kappa shape index (κ3) is 1.41. The molecule has 0 aromatic heterocycles. The molecule has 4 heteroatoms. The van der Waals surface area contributed by atoms with Gasteiger partial charge in [-0.1, -0.05) is 0 Å². The minimum absolute atomic E-state index is 0.0630. The van der Waals surface area contributed by atoms with E-state index in [0.717, 1.165) is 6.42 Å². The molecule has 0 bridgehead atoms. The molecule has 1 saturated heterocycles. The Balaban J connectivity index is 1.92. The highest BCUT2D eigenvalue weighted by Crippen LogP contribution is 2.45. The number of nitrogens with one attached hydrogen (secondary N) is 1. The van der Waals surface area contributed by atoms with Crippen LogP contribution < -0.4 is 5.32 Å². The second-order valence-electron chi connectivity index (χ2n) is 3.57. The zero-order valence-electron chi connectivity index (χ0n) is 7.58. The van der Waals surface area contributed by atoms with Gasteiger partial charge in [0.1, 0.15) is 0 Å². The molecule has 1 saturated carbocycles. The summed E-state index contributed by atoms with van der Waals surface area (Å²) >= 11 is 0. The SMILES string of the molecule is CCOC(=O)C1C2CCC(=O)NC21. The van der Waals surface area contributed by atoms with Gasteiger partial charge in [-0.2, -0.15) is 0 Å². The molecular formula is C9H13NO3.